The highest BCUT2D eigenvalue weighted by Gasteiger charge is 2.35. The van der Waals surface area contributed by atoms with E-state index in [1.54, 1.807) is 11.0 Å². The number of carbonyl (C=O) groups excluding carboxylic acids is 1. The number of hydrogen-bond donors (Lipinski definition) is 0. The molecule has 1 aliphatic rings. The first-order chi connectivity index (χ1) is 17.2. The van der Waals surface area contributed by atoms with Crippen LogP contribution in [0.15, 0.2) is 34.5 Å². The van der Waals surface area contributed by atoms with E-state index in [-0.39, 0.29) is 16.0 Å². The maximum Gasteiger partial charge on any atom is 0.252 e. The van der Waals surface area contributed by atoms with Crippen molar-refractivity contribution in [2.24, 2.45) is 5.92 Å². The van der Waals surface area contributed by atoms with Crippen LogP contribution in [-0.2, 0) is 14.8 Å². The number of thiazole rings is 1. The number of halogens is 1. The van der Waals surface area contributed by atoms with Gasteiger partial charge in [-0.2, -0.15) is 4.31 Å². The van der Waals surface area contributed by atoms with E-state index in [9.17, 15) is 13.2 Å². The molecule has 1 saturated heterocycles. The zero-order chi connectivity index (χ0) is 25.9. The number of para-hydroxylation sites is 1. The molecule has 0 saturated carbocycles. The van der Waals surface area contributed by atoms with Gasteiger partial charge in [0.15, 0.2) is 5.13 Å². The van der Waals surface area contributed by atoms with E-state index in [0.29, 0.717) is 54.3 Å². The number of ether oxygens (including phenoxy) is 1. The Hall–Kier alpha value is -1.76. The number of rotatable bonds is 10. The van der Waals surface area contributed by atoms with Crippen LogP contribution in [0.3, 0.4) is 0 Å². The molecule has 0 atom stereocenters. The minimum atomic E-state index is -3.60. The molecule has 0 N–H and O–H groups in total. The first-order valence-electron chi connectivity index (χ1n) is 11.9. The van der Waals surface area contributed by atoms with Gasteiger partial charge in [0, 0.05) is 25.6 Å². The van der Waals surface area contributed by atoms with Crippen molar-refractivity contribution in [3.63, 3.8) is 0 Å². The molecule has 1 fully saturated rings. The maximum atomic E-state index is 13.8. The predicted molar refractivity (Wildman–Crippen MR) is 147 cm³/mol. The van der Waals surface area contributed by atoms with Crippen molar-refractivity contribution in [3.8, 4) is 5.75 Å². The number of fused-ring (bicyclic) bond motifs is 1. The third-order valence-electron chi connectivity index (χ3n) is 6.10. The molecule has 0 unspecified atom stereocenters. The lowest BCUT2D eigenvalue weighted by atomic mass is 9.96. The molecule has 0 aliphatic carbocycles. The fraction of sp³-hybridized carbons (Fsp3) is 0.500. The second kappa shape index (κ2) is 11.7. The Morgan fingerprint density at radius 1 is 1.17 bits per heavy atom. The summed E-state index contributed by atoms with van der Waals surface area (Å²) in [7, 11) is 0.417. The molecule has 12 heteroatoms. The van der Waals surface area contributed by atoms with Gasteiger partial charge in [0.05, 0.1) is 15.6 Å². The standard InChI is InChI=1S/C24H31ClN4O4S3/c1-4-33-18-7-5-8-19-22(18)26-24(34-19)29(14-6-13-27(2)3)23(30)17-11-15-28(16-12-17)36(31,32)21-10-9-20(25)35-21/h5,7-10,17H,4,6,11-16H2,1-3H3. The molecular formula is C24H31ClN4O4S3. The quantitative estimate of drug-likeness (QED) is 0.348. The molecule has 2 aromatic heterocycles. The number of thiophene rings is 1. The van der Waals surface area contributed by atoms with E-state index in [0.717, 1.165) is 34.5 Å². The van der Waals surface area contributed by atoms with Gasteiger partial charge >= 0.3 is 0 Å². The van der Waals surface area contributed by atoms with Crippen molar-refractivity contribution in [3.05, 3.63) is 34.7 Å². The summed E-state index contributed by atoms with van der Waals surface area (Å²) in [6.45, 7) is 4.47. The summed E-state index contributed by atoms with van der Waals surface area (Å²) < 4.78 is 34.8. The first-order valence-corrected chi connectivity index (χ1v) is 15.4. The van der Waals surface area contributed by atoms with E-state index in [1.165, 1.54) is 21.7 Å². The third-order valence-corrected chi connectivity index (χ3v) is 10.7. The minimum Gasteiger partial charge on any atom is -0.492 e. The topological polar surface area (TPSA) is 83.0 Å². The SMILES string of the molecule is CCOc1cccc2sc(N(CCCN(C)C)C(=O)C3CCN(S(=O)(=O)c4ccc(Cl)s4)CC3)nc12. The van der Waals surface area contributed by atoms with Gasteiger partial charge in [0.25, 0.3) is 10.0 Å². The van der Waals surface area contributed by atoms with Crippen LogP contribution in [-0.4, -0.2) is 75.4 Å². The lowest BCUT2D eigenvalue weighted by Gasteiger charge is -2.32. The Labute approximate surface area is 225 Å². The molecule has 36 heavy (non-hydrogen) atoms. The number of hydrogen-bond acceptors (Lipinski definition) is 8. The highest BCUT2D eigenvalue weighted by atomic mass is 35.5. The number of nitrogens with zero attached hydrogens (tertiary/aromatic N) is 4. The normalized spacial score (nSPS) is 15.6. The van der Waals surface area contributed by atoms with Crippen molar-refractivity contribution in [2.45, 2.75) is 30.4 Å². The minimum absolute atomic E-state index is 0.00184. The van der Waals surface area contributed by atoms with E-state index in [4.69, 9.17) is 21.3 Å². The summed E-state index contributed by atoms with van der Waals surface area (Å²) in [5.74, 6) is 0.452. The van der Waals surface area contributed by atoms with E-state index in [1.807, 2.05) is 39.2 Å². The molecule has 0 spiro atoms. The van der Waals surface area contributed by atoms with Crippen LogP contribution in [0.2, 0.25) is 4.34 Å². The number of sulfonamides is 1. The van der Waals surface area contributed by atoms with Crippen molar-refractivity contribution in [1.82, 2.24) is 14.2 Å². The zero-order valence-corrected chi connectivity index (χ0v) is 23.9. The summed E-state index contributed by atoms with van der Waals surface area (Å²) in [5.41, 5.74) is 0.764. The van der Waals surface area contributed by atoms with E-state index < -0.39 is 10.0 Å². The predicted octanol–water partition coefficient (Wildman–Crippen LogP) is 4.80. The summed E-state index contributed by atoms with van der Waals surface area (Å²) >= 11 is 8.49. The van der Waals surface area contributed by atoms with Crippen molar-refractivity contribution in [1.29, 1.82) is 0 Å². The molecule has 1 amide bonds. The fourth-order valence-corrected chi connectivity index (χ4v) is 8.39. The summed E-state index contributed by atoms with van der Waals surface area (Å²) in [5, 5.41) is 0.657. The monoisotopic (exact) mass is 570 g/mol. The molecule has 8 nitrogen and oxygen atoms in total. The number of amides is 1. The maximum absolute atomic E-state index is 13.8. The van der Waals surface area contributed by atoms with Crippen molar-refractivity contribution < 1.29 is 17.9 Å². The third kappa shape index (κ3) is 6.03. The highest BCUT2D eigenvalue weighted by molar-refractivity contribution is 7.91. The van der Waals surface area contributed by atoms with Gasteiger partial charge in [-0.15, -0.1) is 11.3 Å². The second-order valence-corrected chi connectivity index (χ2v) is 13.8. The van der Waals surface area contributed by atoms with Crippen LogP contribution in [0.5, 0.6) is 5.75 Å². The van der Waals surface area contributed by atoms with Gasteiger partial charge in [0.1, 0.15) is 15.5 Å². The van der Waals surface area contributed by atoms with Crippen LogP contribution in [0.25, 0.3) is 10.2 Å². The van der Waals surface area contributed by atoms with Crippen molar-refractivity contribution >= 4 is 65.6 Å². The fourth-order valence-electron chi connectivity index (χ4n) is 4.27. The number of carbonyl (C=O) groups is 1. The van der Waals surface area contributed by atoms with Gasteiger partial charge in [-0.05, 0) is 71.1 Å². The first kappa shape index (κ1) is 27.3. The van der Waals surface area contributed by atoms with E-state index >= 15 is 0 Å². The molecule has 0 bridgehead atoms. The summed E-state index contributed by atoms with van der Waals surface area (Å²) in [4.78, 5) is 22.4. The molecule has 1 aromatic carbocycles. The molecule has 1 aliphatic heterocycles. The molecule has 4 rings (SSSR count). The van der Waals surface area contributed by atoms with Gasteiger partial charge in [-0.25, -0.2) is 13.4 Å². The van der Waals surface area contributed by atoms with Gasteiger partial charge in [0.2, 0.25) is 5.91 Å². The lowest BCUT2D eigenvalue weighted by molar-refractivity contribution is -0.123. The average molecular weight is 571 g/mol. The second-order valence-electron chi connectivity index (χ2n) is 8.92. The Morgan fingerprint density at radius 3 is 2.56 bits per heavy atom. The molecule has 3 aromatic rings. The van der Waals surface area contributed by atoms with Crippen LogP contribution in [0.4, 0.5) is 5.13 Å². The smallest absolute Gasteiger partial charge is 0.252 e. The van der Waals surface area contributed by atoms with Crippen molar-refractivity contribution in [2.75, 3.05) is 51.8 Å². The largest absolute Gasteiger partial charge is 0.492 e. The van der Waals surface area contributed by atoms with Crippen LogP contribution in [0, 0.1) is 5.92 Å². The van der Waals surface area contributed by atoms with Crippen LogP contribution >= 0.6 is 34.3 Å². The van der Waals surface area contributed by atoms with Gasteiger partial charge in [-0.1, -0.05) is 29.0 Å². The molecule has 3 heterocycles. The highest BCUT2D eigenvalue weighted by Crippen LogP contribution is 2.36. The number of anilines is 1. The molecule has 196 valence electrons. The lowest BCUT2D eigenvalue weighted by Crippen LogP contribution is -2.45. The molecule has 0 radical (unpaired) electrons. The van der Waals surface area contributed by atoms with E-state index in [2.05, 4.69) is 4.90 Å². The Bertz CT molecular complexity index is 1300. The average Bonchev–Trinajstić information content (AvgIpc) is 3.49. The van der Waals surface area contributed by atoms with Gasteiger partial charge < -0.3 is 9.64 Å². The molecular weight excluding hydrogens is 540 g/mol. The van der Waals surface area contributed by atoms with Gasteiger partial charge in [-0.3, -0.25) is 9.69 Å². The van der Waals surface area contributed by atoms with Crippen LogP contribution in [0.1, 0.15) is 26.2 Å². The number of piperidine rings is 1. The Morgan fingerprint density at radius 2 is 1.92 bits per heavy atom. The number of aromatic nitrogens is 1. The Balaban J connectivity index is 1.52. The number of benzene rings is 1. The zero-order valence-electron chi connectivity index (χ0n) is 20.6. The summed E-state index contributed by atoms with van der Waals surface area (Å²) in [6.07, 6.45) is 1.74. The Kier molecular flexibility index (Phi) is 8.90. The van der Waals surface area contributed by atoms with Crippen LogP contribution < -0.4 is 9.64 Å². The summed E-state index contributed by atoms with van der Waals surface area (Å²) in [6, 6.07) is 8.95.